The Morgan fingerprint density at radius 2 is 1.64 bits per heavy atom. The van der Waals surface area contributed by atoms with E-state index in [-0.39, 0.29) is 5.56 Å². The average Bonchev–Trinajstić information content (AvgIpc) is 2.16. The van der Waals surface area contributed by atoms with E-state index in [0.29, 0.717) is 5.92 Å². The van der Waals surface area contributed by atoms with E-state index < -0.39 is 12.2 Å². The van der Waals surface area contributed by atoms with E-state index in [0.717, 1.165) is 5.56 Å². The van der Waals surface area contributed by atoms with Crippen LogP contribution in [0.4, 0.5) is 8.78 Å². The molecule has 0 saturated carbocycles. The van der Waals surface area contributed by atoms with Crippen LogP contribution in [0.5, 0.6) is 0 Å². The second-order valence-electron chi connectivity index (χ2n) is 3.44. The number of hydrogen-bond donors (Lipinski definition) is 0. The summed E-state index contributed by atoms with van der Waals surface area (Å²) in [7, 11) is 0. The van der Waals surface area contributed by atoms with Gasteiger partial charge in [0, 0.05) is 5.56 Å². The Morgan fingerprint density at radius 3 is 2.00 bits per heavy atom. The van der Waals surface area contributed by atoms with E-state index in [2.05, 4.69) is 0 Å². The van der Waals surface area contributed by atoms with Crippen molar-refractivity contribution in [3.63, 3.8) is 0 Å². The highest BCUT2D eigenvalue weighted by Gasteiger charge is 2.17. The maximum atomic E-state index is 12.0. The lowest BCUT2D eigenvalue weighted by Crippen LogP contribution is -2.09. The molecule has 0 fully saturated rings. The summed E-state index contributed by atoms with van der Waals surface area (Å²) in [6.45, 7) is 4.01. The Balaban J connectivity index is 2.89. The van der Waals surface area contributed by atoms with Crippen molar-refractivity contribution in [3.05, 3.63) is 35.4 Å². The molecule has 0 amide bonds. The molecule has 1 nitrogen and oxygen atoms in total. The van der Waals surface area contributed by atoms with E-state index in [4.69, 9.17) is 0 Å². The molecule has 0 aliphatic rings. The summed E-state index contributed by atoms with van der Waals surface area (Å²) in [5.41, 5.74) is 1.11. The van der Waals surface area contributed by atoms with Crippen LogP contribution in [-0.4, -0.2) is 12.2 Å². The fourth-order valence-corrected chi connectivity index (χ4v) is 1.16. The van der Waals surface area contributed by atoms with Gasteiger partial charge in [-0.2, -0.15) is 0 Å². The lowest BCUT2D eigenvalue weighted by atomic mass is 10.0. The zero-order valence-electron chi connectivity index (χ0n) is 8.13. The molecule has 0 spiro atoms. The molecular weight excluding hydrogens is 186 g/mol. The molecule has 0 saturated heterocycles. The topological polar surface area (TPSA) is 17.1 Å². The Labute approximate surface area is 81.7 Å². The number of carbonyl (C=O) groups is 1. The Morgan fingerprint density at radius 1 is 1.14 bits per heavy atom. The van der Waals surface area contributed by atoms with Crippen LogP contribution >= 0.6 is 0 Å². The highest BCUT2D eigenvalue weighted by Crippen LogP contribution is 2.16. The van der Waals surface area contributed by atoms with Gasteiger partial charge in [0.15, 0.2) is 0 Å². The zero-order valence-corrected chi connectivity index (χ0v) is 8.13. The number of alkyl halides is 2. The normalized spacial score (nSPS) is 11.0. The number of ketones is 1. The van der Waals surface area contributed by atoms with Gasteiger partial charge in [-0.1, -0.05) is 38.1 Å². The van der Waals surface area contributed by atoms with Crippen molar-refractivity contribution < 1.29 is 13.6 Å². The molecule has 0 atom stereocenters. The van der Waals surface area contributed by atoms with Gasteiger partial charge < -0.3 is 0 Å². The predicted molar refractivity (Wildman–Crippen MR) is 50.9 cm³/mol. The van der Waals surface area contributed by atoms with Gasteiger partial charge in [-0.3, -0.25) is 4.79 Å². The summed E-state index contributed by atoms with van der Waals surface area (Å²) in [5.74, 6) is -0.772. The first-order valence-corrected chi connectivity index (χ1v) is 4.44. The molecule has 14 heavy (non-hydrogen) atoms. The molecule has 0 unspecified atom stereocenters. The van der Waals surface area contributed by atoms with Gasteiger partial charge >= 0.3 is 6.43 Å². The standard InChI is InChI=1S/C11H12F2O/c1-7(2)8-3-5-9(6-4-8)10(14)11(12)13/h3-7,11H,1-2H3. The van der Waals surface area contributed by atoms with Gasteiger partial charge in [0.2, 0.25) is 5.78 Å². The molecule has 0 aliphatic heterocycles. The third-order valence-corrected chi connectivity index (χ3v) is 2.06. The first kappa shape index (κ1) is 10.8. The van der Waals surface area contributed by atoms with Crippen LogP contribution in [0, 0.1) is 0 Å². The second kappa shape index (κ2) is 4.31. The van der Waals surface area contributed by atoms with Crippen LogP contribution in [0.25, 0.3) is 0 Å². The first-order valence-electron chi connectivity index (χ1n) is 4.44. The highest BCUT2D eigenvalue weighted by molar-refractivity contribution is 5.98. The molecule has 0 aromatic heterocycles. The fourth-order valence-electron chi connectivity index (χ4n) is 1.16. The smallest absolute Gasteiger partial charge is 0.288 e. The lowest BCUT2D eigenvalue weighted by molar-refractivity contribution is 0.0678. The molecule has 0 heterocycles. The van der Waals surface area contributed by atoms with Crippen LogP contribution in [-0.2, 0) is 0 Å². The number of halogens is 2. The SMILES string of the molecule is CC(C)c1ccc(C(=O)C(F)F)cc1. The van der Waals surface area contributed by atoms with Crippen molar-refractivity contribution in [2.24, 2.45) is 0 Å². The van der Waals surface area contributed by atoms with E-state index in [1.165, 1.54) is 12.1 Å². The van der Waals surface area contributed by atoms with Crippen molar-refractivity contribution >= 4 is 5.78 Å². The molecule has 1 aromatic rings. The number of rotatable bonds is 3. The van der Waals surface area contributed by atoms with Gasteiger partial charge in [0.25, 0.3) is 0 Å². The maximum absolute atomic E-state index is 12.0. The minimum atomic E-state index is -2.92. The van der Waals surface area contributed by atoms with Crippen LogP contribution in [0.15, 0.2) is 24.3 Å². The van der Waals surface area contributed by atoms with E-state index in [1.807, 2.05) is 13.8 Å². The third kappa shape index (κ3) is 2.37. The van der Waals surface area contributed by atoms with Crippen molar-refractivity contribution in [1.29, 1.82) is 0 Å². The molecule has 76 valence electrons. The summed E-state index contributed by atoms with van der Waals surface area (Å²) in [5, 5.41) is 0. The van der Waals surface area contributed by atoms with Crippen molar-refractivity contribution in [1.82, 2.24) is 0 Å². The van der Waals surface area contributed by atoms with Gasteiger partial charge in [0.05, 0.1) is 0 Å². The zero-order chi connectivity index (χ0) is 10.7. The molecule has 0 radical (unpaired) electrons. The number of benzene rings is 1. The molecular formula is C11H12F2O. The summed E-state index contributed by atoms with van der Waals surface area (Å²) in [4.78, 5) is 10.9. The van der Waals surface area contributed by atoms with Crippen molar-refractivity contribution in [2.75, 3.05) is 0 Å². The molecule has 1 aromatic carbocycles. The Kier molecular flexibility index (Phi) is 3.33. The monoisotopic (exact) mass is 198 g/mol. The molecule has 0 N–H and O–H groups in total. The third-order valence-electron chi connectivity index (χ3n) is 2.06. The van der Waals surface area contributed by atoms with E-state index in [1.54, 1.807) is 12.1 Å². The Bertz CT molecular complexity index is 315. The first-order chi connectivity index (χ1) is 6.52. The highest BCUT2D eigenvalue weighted by atomic mass is 19.3. The summed E-state index contributed by atoms with van der Waals surface area (Å²) < 4.78 is 24.0. The van der Waals surface area contributed by atoms with Crippen LogP contribution in [0.1, 0.15) is 35.7 Å². The minimum Gasteiger partial charge on any atom is -0.288 e. The summed E-state index contributed by atoms with van der Waals surface area (Å²) in [6, 6.07) is 6.31. The number of Topliss-reactive ketones (excluding diaryl/α,β-unsaturated/α-hetero) is 1. The van der Waals surface area contributed by atoms with E-state index in [9.17, 15) is 13.6 Å². The van der Waals surface area contributed by atoms with Gasteiger partial charge in [0.1, 0.15) is 0 Å². The van der Waals surface area contributed by atoms with Crippen LogP contribution in [0.2, 0.25) is 0 Å². The maximum Gasteiger partial charge on any atom is 0.300 e. The molecule has 0 aliphatic carbocycles. The molecule has 0 bridgehead atoms. The van der Waals surface area contributed by atoms with Crippen LogP contribution in [0.3, 0.4) is 0 Å². The molecule has 1 rings (SSSR count). The summed E-state index contributed by atoms with van der Waals surface area (Å²) in [6.07, 6.45) is -2.92. The van der Waals surface area contributed by atoms with Crippen molar-refractivity contribution in [3.8, 4) is 0 Å². The van der Waals surface area contributed by atoms with Crippen LogP contribution < -0.4 is 0 Å². The summed E-state index contributed by atoms with van der Waals surface area (Å²) >= 11 is 0. The minimum absolute atomic E-state index is 0.0735. The average molecular weight is 198 g/mol. The molecule has 3 heteroatoms. The largest absolute Gasteiger partial charge is 0.300 e. The predicted octanol–water partition coefficient (Wildman–Crippen LogP) is 3.26. The second-order valence-corrected chi connectivity index (χ2v) is 3.44. The number of hydrogen-bond acceptors (Lipinski definition) is 1. The van der Waals surface area contributed by atoms with Crippen molar-refractivity contribution in [2.45, 2.75) is 26.2 Å². The van der Waals surface area contributed by atoms with Gasteiger partial charge in [-0.25, -0.2) is 8.78 Å². The van der Waals surface area contributed by atoms with E-state index >= 15 is 0 Å². The Hall–Kier alpha value is -1.25. The number of carbonyl (C=O) groups excluding carboxylic acids is 1. The van der Waals surface area contributed by atoms with Gasteiger partial charge in [-0.05, 0) is 11.5 Å². The fraction of sp³-hybridized carbons (Fsp3) is 0.364. The van der Waals surface area contributed by atoms with Gasteiger partial charge in [-0.15, -0.1) is 0 Å². The quantitative estimate of drug-likeness (QED) is 0.681. The lowest BCUT2D eigenvalue weighted by Gasteiger charge is -2.05.